The number of rotatable bonds is 11. The zero-order chi connectivity index (χ0) is 19.1. The molecule has 4 atom stereocenters. The van der Waals surface area contributed by atoms with Crippen molar-refractivity contribution < 1.29 is 4.74 Å². The Morgan fingerprint density at radius 1 is 0.963 bits per heavy atom. The molecule has 2 bridgehead atoms. The molecule has 2 aliphatic rings. The third-order valence-corrected chi connectivity index (χ3v) is 6.65. The van der Waals surface area contributed by atoms with E-state index in [1.807, 2.05) is 0 Å². The second kappa shape index (κ2) is 10.6. The van der Waals surface area contributed by atoms with E-state index in [-0.39, 0.29) is 6.10 Å². The van der Waals surface area contributed by atoms with E-state index in [9.17, 15) is 0 Å². The summed E-state index contributed by atoms with van der Waals surface area (Å²) < 4.78 is 6.79. The minimum atomic E-state index is 0.287. The fourth-order valence-corrected chi connectivity index (χ4v) is 5.08. The smallest absolute Gasteiger partial charge is 0.0828 e. The van der Waals surface area contributed by atoms with Crippen LogP contribution in [0.1, 0.15) is 96.6 Å². The SMILES string of the molecule is CCCCCCC(OC1C[C@H]2CC[C@@H](C1)N2CCC(C)C)c1ccccc1. The lowest BCUT2D eigenvalue weighted by Gasteiger charge is -2.40. The number of hydrogen-bond acceptors (Lipinski definition) is 2. The highest BCUT2D eigenvalue weighted by Crippen LogP contribution is 2.39. The minimum absolute atomic E-state index is 0.287. The average molecular weight is 372 g/mol. The molecule has 0 spiro atoms. The molecule has 2 nitrogen and oxygen atoms in total. The van der Waals surface area contributed by atoms with Crippen molar-refractivity contribution in [2.24, 2.45) is 5.92 Å². The van der Waals surface area contributed by atoms with Gasteiger partial charge in [-0.25, -0.2) is 0 Å². The van der Waals surface area contributed by atoms with Crippen LogP contribution >= 0.6 is 0 Å². The zero-order valence-electron chi connectivity index (χ0n) is 17.9. The van der Waals surface area contributed by atoms with E-state index in [0.29, 0.717) is 6.10 Å². The van der Waals surface area contributed by atoms with Crippen LogP contribution in [0.4, 0.5) is 0 Å². The Hall–Kier alpha value is -0.860. The maximum Gasteiger partial charge on any atom is 0.0828 e. The fraction of sp³-hybridized carbons (Fsp3) is 0.760. The Balaban J connectivity index is 1.56. The highest BCUT2D eigenvalue weighted by atomic mass is 16.5. The van der Waals surface area contributed by atoms with Gasteiger partial charge < -0.3 is 4.74 Å². The predicted octanol–water partition coefficient (Wildman–Crippen LogP) is 6.76. The second-order valence-electron chi connectivity index (χ2n) is 9.28. The van der Waals surface area contributed by atoms with Crippen LogP contribution in [0.15, 0.2) is 30.3 Å². The van der Waals surface area contributed by atoms with Crippen molar-refractivity contribution in [3.05, 3.63) is 35.9 Å². The van der Waals surface area contributed by atoms with Crippen LogP contribution in [0.3, 0.4) is 0 Å². The highest BCUT2D eigenvalue weighted by Gasteiger charge is 2.41. The van der Waals surface area contributed by atoms with E-state index in [4.69, 9.17) is 4.74 Å². The summed E-state index contributed by atoms with van der Waals surface area (Å²) in [4.78, 5) is 2.82. The van der Waals surface area contributed by atoms with Crippen LogP contribution in [0, 0.1) is 5.92 Å². The molecule has 2 heteroatoms. The second-order valence-corrected chi connectivity index (χ2v) is 9.28. The Kier molecular flexibility index (Phi) is 8.21. The van der Waals surface area contributed by atoms with Gasteiger partial charge in [0.05, 0.1) is 12.2 Å². The Labute approximate surface area is 167 Å². The summed E-state index contributed by atoms with van der Waals surface area (Å²) in [7, 11) is 0. The number of ether oxygens (including phenoxy) is 1. The van der Waals surface area contributed by atoms with Crippen molar-refractivity contribution >= 4 is 0 Å². The predicted molar refractivity (Wildman–Crippen MR) is 115 cm³/mol. The molecule has 27 heavy (non-hydrogen) atoms. The molecule has 0 amide bonds. The number of nitrogens with zero attached hydrogens (tertiary/aromatic N) is 1. The number of benzene rings is 1. The first-order chi connectivity index (χ1) is 13.2. The maximum atomic E-state index is 6.79. The summed E-state index contributed by atoms with van der Waals surface area (Å²) in [5.74, 6) is 0.809. The topological polar surface area (TPSA) is 12.5 Å². The Morgan fingerprint density at radius 3 is 2.30 bits per heavy atom. The van der Waals surface area contributed by atoms with Gasteiger partial charge in [0.25, 0.3) is 0 Å². The van der Waals surface area contributed by atoms with Crippen LogP contribution in [0.2, 0.25) is 0 Å². The highest BCUT2D eigenvalue weighted by molar-refractivity contribution is 5.17. The van der Waals surface area contributed by atoms with E-state index in [0.717, 1.165) is 18.0 Å². The van der Waals surface area contributed by atoms with Gasteiger partial charge in [-0.15, -0.1) is 0 Å². The third-order valence-electron chi connectivity index (χ3n) is 6.65. The lowest BCUT2D eigenvalue weighted by atomic mass is 9.97. The lowest BCUT2D eigenvalue weighted by Crippen LogP contribution is -2.46. The number of hydrogen-bond donors (Lipinski definition) is 0. The monoisotopic (exact) mass is 371 g/mol. The molecule has 0 aliphatic carbocycles. The van der Waals surface area contributed by atoms with Crippen molar-refractivity contribution in [3.63, 3.8) is 0 Å². The summed E-state index contributed by atoms with van der Waals surface area (Å²) in [5, 5.41) is 0. The Morgan fingerprint density at radius 2 is 1.67 bits per heavy atom. The van der Waals surface area contributed by atoms with Gasteiger partial charge >= 0.3 is 0 Å². The van der Waals surface area contributed by atoms with E-state index in [2.05, 4.69) is 56.0 Å². The fourth-order valence-electron chi connectivity index (χ4n) is 5.08. The molecule has 2 aliphatic heterocycles. The van der Waals surface area contributed by atoms with Crippen molar-refractivity contribution in [2.75, 3.05) is 6.54 Å². The minimum Gasteiger partial charge on any atom is -0.370 e. The third kappa shape index (κ3) is 6.06. The first-order valence-electron chi connectivity index (χ1n) is 11.6. The molecule has 2 heterocycles. The van der Waals surface area contributed by atoms with Crippen LogP contribution < -0.4 is 0 Å². The molecule has 2 unspecified atom stereocenters. The summed E-state index contributed by atoms with van der Waals surface area (Å²) in [5.41, 5.74) is 1.38. The van der Waals surface area contributed by atoms with Crippen molar-refractivity contribution in [2.45, 2.75) is 109 Å². The summed E-state index contributed by atoms with van der Waals surface area (Å²) in [6, 6.07) is 12.5. The summed E-state index contributed by atoms with van der Waals surface area (Å²) in [6.45, 7) is 8.27. The van der Waals surface area contributed by atoms with Crippen molar-refractivity contribution in [1.82, 2.24) is 4.90 Å². The number of fused-ring (bicyclic) bond motifs is 2. The van der Waals surface area contributed by atoms with Gasteiger partial charge in [-0.2, -0.15) is 0 Å². The molecule has 2 fully saturated rings. The van der Waals surface area contributed by atoms with Gasteiger partial charge in [0.2, 0.25) is 0 Å². The molecule has 3 rings (SSSR count). The maximum absolute atomic E-state index is 6.79. The zero-order valence-corrected chi connectivity index (χ0v) is 17.9. The van der Waals surface area contributed by atoms with Gasteiger partial charge in [0.15, 0.2) is 0 Å². The molecular weight excluding hydrogens is 330 g/mol. The lowest BCUT2D eigenvalue weighted by molar-refractivity contribution is -0.0664. The number of unbranched alkanes of at least 4 members (excludes halogenated alkanes) is 3. The largest absolute Gasteiger partial charge is 0.370 e. The van der Waals surface area contributed by atoms with E-state index < -0.39 is 0 Å². The average Bonchev–Trinajstić information content (AvgIpc) is 2.91. The molecule has 0 radical (unpaired) electrons. The van der Waals surface area contributed by atoms with Crippen molar-refractivity contribution in [3.8, 4) is 0 Å². The molecule has 0 saturated carbocycles. The number of piperidine rings is 1. The van der Waals surface area contributed by atoms with E-state index in [1.165, 1.54) is 76.3 Å². The molecule has 2 saturated heterocycles. The Bertz CT molecular complexity index is 514. The van der Waals surface area contributed by atoms with Gasteiger partial charge in [-0.1, -0.05) is 76.8 Å². The van der Waals surface area contributed by atoms with Crippen LogP contribution in [-0.2, 0) is 4.74 Å². The summed E-state index contributed by atoms with van der Waals surface area (Å²) in [6.07, 6.45) is 13.8. The molecule has 1 aromatic carbocycles. The van der Waals surface area contributed by atoms with Crippen LogP contribution in [-0.4, -0.2) is 29.6 Å². The standard InChI is InChI=1S/C25H41NO/c1-4-5-6-10-13-25(21-11-8-7-9-12-21)27-24-18-22-14-15-23(19-24)26(22)17-16-20(2)3/h7-9,11-12,20,22-25H,4-6,10,13-19H2,1-3H3/t22-,23+,24?,25?. The first-order valence-corrected chi connectivity index (χ1v) is 11.6. The quantitative estimate of drug-likeness (QED) is 0.399. The first kappa shape index (κ1) is 20.9. The molecule has 0 aromatic heterocycles. The van der Waals surface area contributed by atoms with Gasteiger partial charge in [0, 0.05) is 12.1 Å². The van der Waals surface area contributed by atoms with Gasteiger partial charge in [-0.05, 0) is 56.6 Å². The van der Waals surface area contributed by atoms with E-state index >= 15 is 0 Å². The molecule has 0 N–H and O–H groups in total. The van der Waals surface area contributed by atoms with Gasteiger partial charge in [-0.3, -0.25) is 4.90 Å². The van der Waals surface area contributed by atoms with Crippen LogP contribution in [0.5, 0.6) is 0 Å². The van der Waals surface area contributed by atoms with Crippen molar-refractivity contribution in [1.29, 1.82) is 0 Å². The summed E-state index contributed by atoms with van der Waals surface area (Å²) >= 11 is 0. The van der Waals surface area contributed by atoms with Crippen LogP contribution in [0.25, 0.3) is 0 Å². The van der Waals surface area contributed by atoms with E-state index in [1.54, 1.807) is 0 Å². The van der Waals surface area contributed by atoms with Gasteiger partial charge in [0.1, 0.15) is 0 Å². The normalized spacial score (nSPS) is 26.6. The molecule has 152 valence electrons. The molecule has 1 aromatic rings. The molecular formula is C25H41NO.